The van der Waals surface area contributed by atoms with Crippen molar-refractivity contribution in [2.75, 3.05) is 18.5 Å². The van der Waals surface area contributed by atoms with Crippen LogP contribution in [0.25, 0.3) is 0 Å². The highest BCUT2D eigenvalue weighted by Crippen LogP contribution is 2.29. The number of aliphatic hydroxyl groups is 1. The third-order valence-electron chi connectivity index (χ3n) is 5.65. The second-order valence-electron chi connectivity index (χ2n) is 9.83. The highest BCUT2D eigenvalue weighted by Gasteiger charge is 2.36. The molecule has 9 heteroatoms. The molecule has 0 aliphatic heterocycles. The number of aliphatic hydroxyl groups excluding tert-OH is 1. The zero-order valence-corrected chi connectivity index (χ0v) is 23.2. The Morgan fingerprint density at radius 2 is 1.73 bits per heavy atom. The number of halogens is 1. The van der Waals surface area contributed by atoms with E-state index in [9.17, 15) is 19.5 Å². The molecule has 0 aromatic heterocycles. The molecule has 37 heavy (non-hydrogen) atoms. The normalized spacial score (nSPS) is 12.9. The summed E-state index contributed by atoms with van der Waals surface area (Å²) in [5.41, 5.74) is 2.12. The molecule has 2 aromatic carbocycles. The molecule has 0 bridgehead atoms. The first-order valence-corrected chi connectivity index (χ1v) is 12.8. The van der Waals surface area contributed by atoms with Gasteiger partial charge < -0.3 is 25.4 Å². The van der Waals surface area contributed by atoms with Crippen LogP contribution in [0.3, 0.4) is 0 Å². The number of carbonyl (C=O) groups excluding carboxylic acids is 3. The standard InChI is InChI=1S/C28H38ClN3O5/c1-7-16-32(26(35)22(17-33)30-27(36)37-28(4,5)6)24(20-14-12-19(8-2)13-15-20)25(34)31-23-18(3)10-9-11-21(23)29/h9-15,22,24,33H,7-8,16-17H2,1-6H3,(H,30,36)(H,31,34). The SMILES string of the molecule is CCCN(C(=O)C(CO)NC(=O)OC(C)(C)C)C(C(=O)Nc1c(C)cccc1Cl)c1ccc(CC)cc1. The minimum Gasteiger partial charge on any atom is -0.444 e. The van der Waals surface area contributed by atoms with E-state index in [0.717, 1.165) is 17.5 Å². The smallest absolute Gasteiger partial charge is 0.408 e. The number of para-hydroxylation sites is 1. The molecular formula is C28H38ClN3O5. The number of alkyl carbamates (subject to hydrolysis) is 1. The molecule has 0 heterocycles. The summed E-state index contributed by atoms with van der Waals surface area (Å²) in [6.07, 6.45) is 0.523. The van der Waals surface area contributed by atoms with Crippen molar-refractivity contribution in [3.63, 3.8) is 0 Å². The number of amides is 3. The zero-order valence-electron chi connectivity index (χ0n) is 22.4. The van der Waals surface area contributed by atoms with Crippen LogP contribution in [0.15, 0.2) is 42.5 Å². The molecule has 0 fully saturated rings. The maximum absolute atomic E-state index is 13.8. The van der Waals surface area contributed by atoms with Crippen LogP contribution in [0, 0.1) is 6.92 Å². The van der Waals surface area contributed by atoms with Crippen molar-refractivity contribution < 1.29 is 24.2 Å². The summed E-state index contributed by atoms with van der Waals surface area (Å²) in [5.74, 6) is -1.07. The second-order valence-corrected chi connectivity index (χ2v) is 10.2. The lowest BCUT2D eigenvalue weighted by Crippen LogP contribution is -2.54. The fraction of sp³-hybridized carbons (Fsp3) is 0.464. The maximum atomic E-state index is 13.8. The fourth-order valence-electron chi connectivity index (χ4n) is 3.83. The molecule has 3 amide bonds. The van der Waals surface area contributed by atoms with Gasteiger partial charge in [-0.25, -0.2) is 4.79 Å². The fourth-order valence-corrected chi connectivity index (χ4v) is 4.10. The summed E-state index contributed by atoms with van der Waals surface area (Å²) in [4.78, 5) is 41.2. The van der Waals surface area contributed by atoms with Gasteiger partial charge in [-0.1, -0.05) is 61.8 Å². The lowest BCUT2D eigenvalue weighted by atomic mass is 10.00. The Hall–Kier alpha value is -3.10. The molecule has 2 aromatic rings. The second kappa shape index (κ2) is 13.4. The molecule has 0 radical (unpaired) electrons. The van der Waals surface area contributed by atoms with Gasteiger partial charge in [-0.05, 0) is 63.3 Å². The summed E-state index contributed by atoms with van der Waals surface area (Å²) in [6, 6.07) is 10.4. The number of anilines is 1. The number of aryl methyl sites for hydroxylation is 2. The molecule has 3 N–H and O–H groups in total. The monoisotopic (exact) mass is 531 g/mol. The molecule has 2 unspecified atom stereocenters. The minimum atomic E-state index is -1.30. The van der Waals surface area contributed by atoms with E-state index in [1.165, 1.54) is 4.90 Å². The van der Waals surface area contributed by atoms with E-state index >= 15 is 0 Å². The van der Waals surface area contributed by atoms with Crippen molar-refractivity contribution in [3.8, 4) is 0 Å². The van der Waals surface area contributed by atoms with Gasteiger partial charge >= 0.3 is 6.09 Å². The minimum absolute atomic E-state index is 0.209. The number of nitrogens with zero attached hydrogens (tertiary/aromatic N) is 1. The molecule has 2 rings (SSSR count). The number of ether oxygens (including phenoxy) is 1. The summed E-state index contributed by atoms with van der Waals surface area (Å²) in [7, 11) is 0. The zero-order chi connectivity index (χ0) is 27.8. The third kappa shape index (κ3) is 8.47. The Morgan fingerprint density at radius 3 is 2.24 bits per heavy atom. The summed E-state index contributed by atoms with van der Waals surface area (Å²) < 4.78 is 5.26. The predicted octanol–water partition coefficient (Wildman–Crippen LogP) is 5.01. The van der Waals surface area contributed by atoms with E-state index in [4.69, 9.17) is 16.3 Å². The molecule has 0 saturated carbocycles. The van der Waals surface area contributed by atoms with Crippen molar-refractivity contribution in [2.24, 2.45) is 0 Å². The Kier molecular flexibility index (Phi) is 10.9. The first-order chi connectivity index (χ1) is 17.4. The van der Waals surface area contributed by atoms with Crippen LogP contribution in [0.2, 0.25) is 5.02 Å². The van der Waals surface area contributed by atoms with Gasteiger partial charge in [0.25, 0.3) is 5.91 Å². The van der Waals surface area contributed by atoms with E-state index in [0.29, 0.717) is 22.7 Å². The number of nitrogens with one attached hydrogen (secondary N) is 2. The van der Waals surface area contributed by atoms with Gasteiger partial charge in [0.05, 0.1) is 17.3 Å². The van der Waals surface area contributed by atoms with E-state index in [2.05, 4.69) is 10.6 Å². The van der Waals surface area contributed by atoms with Crippen molar-refractivity contribution in [2.45, 2.75) is 72.1 Å². The van der Waals surface area contributed by atoms with E-state index in [-0.39, 0.29) is 6.54 Å². The number of benzene rings is 2. The van der Waals surface area contributed by atoms with Gasteiger partial charge in [-0.15, -0.1) is 0 Å². The third-order valence-corrected chi connectivity index (χ3v) is 5.97. The molecule has 0 aliphatic rings. The summed E-state index contributed by atoms with van der Waals surface area (Å²) in [5, 5.41) is 15.7. The Bertz CT molecular complexity index is 1060. The molecule has 0 spiro atoms. The summed E-state index contributed by atoms with van der Waals surface area (Å²) in [6.45, 7) is 10.4. The van der Waals surface area contributed by atoms with Crippen LogP contribution in [0.5, 0.6) is 0 Å². The van der Waals surface area contributed by atoms with Gasteiger partial charge in [-0.3, -0.25) is 9.59 Å². The Morgan fingerprint density at radius 1 is 1.08 bits per heavy atom. The highest BCUT2D eigenvalue weighted by molar-refractivity contribution is 6.34. The number of hydrogen-bond donors (Lipinski definition) is 3. The van der Waals surface area contributed by atoms with Crippen LogP contribution in [-0.4, -0.2) is 52.7 Å². The van der Waals surface area contributed by atoms with Crippen LogP contribution < -0.4 is 10.6 Å². The van der Waals surface area contributed by atoms with E-state index < -0.39 is 42.2 Å². The lowest BCUT2D eigenvalue weighted by molar-refractivity contribution is -0.141. The van der Waals surface area contributed by atoms with Gasteiger partial charge in [0.1, 0.15) is 17.7 Å². The quantitative estimate of drug-likeness (QED) is 0.399. The van der Waals surface area contributed by atoms with Crippen LogP contribution in [0.4, 0.5) is 10.5 Å². The van der Waals surface area contributed by atoms with Gasteiger partial charge in [-0.2, -0.15) is 0 Å². The number of hydrogen-bond acceptors (Lipinski definition) is 5. The van der Waals surface area contributed by atoms with Gasteiger partial charge in [0.2, 0.25) is 5.91 Å². The average Bonchev–Trinajstić information content (AvgIpc) is 2.83. The Labute approximate surface area is 224 Å². The molecule has 2 atom stereocenters. The largest absolute Gasteiger partial charge is 0.444 e. The van der Waals surface area contributed by atoms with E-state index in [1.54, 1.807) is 32.9 Å². The molecule has 8 nitrogen and oxygen atoms in total. The highest BCUT2D eigenvalue weighted by atomic mass is 35.5. The van der Waals surface area contributed by atoms with Crippen LogP contribution in [0.1, 0.15) is 63.8 Å². The number of rotatable bonds is 10. The van der Waals surface area contributed by atoms with Crippen LogP contribution in [-0.2, 0) is 20.7 Å². The van der Waals surface area contributed by atoms with Crippen molar-refractivity contribution >= 4 is 35.2 Å². The van der Waals surface area contributed by atoms with Crippen LogP contribution >= 0.6 is 11.6 Å². The van der Waals surface area contributed by atoms with Crippen molar-refractivity contribution in [1.82, 2.24) is 10.2 Å². The first-order valence-electron chi connectivity index (χ1n) is 12.5. The maximum Gasteiger partial charge on any atom is 0.408 e. The van der Waals surface area contributed by atoms with Gasteiger partial charge in [0.15, 0.2) is 0 Å². The topological polar surface area (TPSA) is 108 Å². The van der Waals surface area contributed by atoms with Crippen molar-refractivity contribution in [1.29, 1.82) is 0 Å². The van der Waals surface area contributed by atoms with Gasteiger partial charge in [0, 0.05) is 6.54 Å². The number of carbonyl (C=O) groups is 3. The lowest BCUT2D eigenvalue weighted by Gasteiger charge is -2.34. The summed E-state index contributed by atoms with van der Waals surface area (Å²) >= 11 is 6.36. The first kappa shape index (κ1) is 30.1. The molecule has 0 aliphatic carbocycles. The van der Waals surface area contributed by atoms with Crippen molar-refractivity contribution in [3.05, 3.63) is 64.2 Å². The molecular weight excluding hydrogens is 494 g/mol. The predicted molar refractivity (Wildman–Crippen MR) is 146 cm³/mol. The van der Waals surface area contributed by atoms with E-state index in [1.807, 2.05) is 51.1 Å². The Balaban J connectivity index is 2.49. The molecule has 202 valence electrons. The average molecular weight is 532 g/mol. The molecule has 0 saturated heterocycles.